The van der Waals surface area contributed by atoms with Crippen LogP contribution in [0.3, 0.4) is 0 Å². The Labute approximate surface area is 117 Å². The number of methoxy groups -OCH3 is 1. The smallest absolute Gasteiger partial charge is 0.312 e. The zero-order valence-corrected chi connectivity index (χ0v) is 12.4. The predicted molar refractivity (Wildman–Crippen MR) is 75.2 cm³/mol. The van der Waals surface area contributed by atoms with Gasteiger partial charge < -0.3 is 14.7 Å². The number of thiazole rings is 1. The van der Waals surface area contributed by atoms with E-state index in [1.54, 1.807) is 18.4 Å². The maximum absolute atomic E-state index is 11.2. The van der Waals surface area contributed by atoms with Crippen LogP contribution in [0.5, 0.6) is 0 Å². The molecule has 6 heteroatoms. The summed E-state index contributed by atoms with van der Waals surface area (Å²) in [4.78, 5) is 19.1. The van der Waals surface area contributed by atoms with Crippen molar-refractivity contribution in [2.75, 3.05) is 25.2 Å². The second-order valence-corrected chi connectivity index (χ2v) is 6.08. The fourth-order valence-corrected chi connectivity index (χ4v) is 3.64. The van der Waals surface area contributed by atoms with Gasteiger partial charge in [-0.2, -0.15) is 0 Å². The molecule has 1 aliphatic carbocycles. The molecule has 1 atom stereocenters. The molecular formula is C13H20N2O3S. The van der Waals surface area contributed by atoms with Crippen molar-refractivity contribution in [1.82, 2.24) is 4.98 Å². The van der Waals surface area contributed by atoms with Crippen molar-refractivity contribution in [2.24, 2.45) is 0 Å². The molecule has 19 heavy (non-hydrogen) atoms. The van der Waals surface area contributed by atoms with E-state index in [9.17, 15) is 9.90 Å². The summed E-state index contributed by atoms with van der Waals surface area (Å²) in [6.07, 6.45) is 1.52. The van der Waals surface area contributed by atoms with E-state index in [-0.39, 0.29) is 0 Å². The molecule has 106 valence electrons. The molecule has 0 radical (unpaired) electrons. The average Bonchev–Trinajstić information content (AvgIpc) is 2.88. The number of ether oxygens (including phenoxy) is 1. The first-order valence-electron chi connectivity index (χ1n) is 6.52. The third-order valence-corrected chi connectivity index (χ3v) is 4.58. The lowest BCUT2D eigenvalue weighted by Crippen LogP contribution is -2.33. The van der Waals surface area contributed by atoms with Crippen LogP contribution in [0.4, 0.5) is 5.13 Å². The minimum atomic E-state index is -0.761. The van der Waals surface area contributed by atoms with Crippen LogP contribution in [0.25, 0.3) is 0 Å². The van der Waals surface area contributed by atoms with E-state index in [0.717, 1.165) is 28.7 Å². The second kappa shape index (κ2) is 5.88. The maximum Gasteiger partial charge on any atom is 0.312 e. The normalized spacial score (nSPS) is 17.8. The number of rotatable bonds is 6. The minimum Gasteiger partial charge on any atom is -0.481 e. The van der Waals surface area contributed by atoms with Crippen LogP contribution in [0.15, 0.2) is 0 Å². The predicted octanol–water partition coefficient (Wildman–Crippen LogP) is 2.12. The molecule has 1 unspecified atom stereocenters. The molecule has 0 bridgehead atoms. The number of carbonyl (C=O) groups is 1. The SMILES string of the molecule is COCCN(c1nc2c(s1)CCC2C(=O)O)C(C)C. The highest BCUT2D eigenvalue weighted by molar-refractivity contribution is 7.15. The molecule has 1 heterocycles. The maximum atomic E-state index is 11.2. The van der Waals surface area contributed by atoms with Crippen LogP contribution < -0.4 is 4.90 Å². The molecule has 0 fully saturated rings. The molecule has 1 N–H and O–H groups in total. The van der Waals surface area contributed by atoms with Crippen molar-refractivity contribution in [3.05, 3.63) is 10.6 Å². The molecular weight excluding hydrogens is 264 g/mol. The van der Waals surface area contributed by atoms with E-state index in [1.807, 2.05) is 0 Å². The molecule has 5 nitrogen and oxygen atoms in total. The lowest BCUT2D eigenvalue weighted by Gasteiger charge is -2.25. The monoisotopic (exact) mass is 284 g/mol. The largest absolute Gasteiger partial charge is 0.481 e. The number of aromatic nitrogens is 1. The topological polar surface area (TPSA) is 62.7 Å². The zero-order valence-electron chi connectivity index (χ0n) is 11.5. The number of fused-ring (bicyclic) bond motifs is 1. The Bertz CT molecular complexity index is 459. The quantitative estimate of drug-likeness (QED) is 0.867. The van der Waals surface area contributed by atoms with Gasteiger partial charge in [0.25, 0.3) is 0 Å². The number of hydrogen-bond donors (Lipinski definition) is 1. The van der Waals surface area contributed by atoms with Crippen LogP contribution in [0.2, 0.25) is 0 Å². The summed E-state index contributed by atoms with van der Waals surface area (Å²) in [6, 6.07) is 0.324. The van der Waals surface area contributed by atoms with Gasteiger partial charge in [0.1, 0.15) is 5.92 Å². The Kier molecular flexibility index (Phi) is 4.42. The summed E-state index contributed by atoms with van der Waals surface area (Å²) < 4.78 is 5.12. The zero-order chi connectivity index (χ0) is 14.0. The number of carboxylic acids is 1. The third kappa shape index (κ3) is 2.90. The van der Waals surface area contributed by atoms with Crippen molar-refractivity contribution >= 4 is 22.4 Å². The second-order valence-electron chi connectivity index (χ2n) is 5.01. The molecule has 2 rings (SSSR count). The minimum absolute atomic E-state index is 0.324. The standard InChI is InChI=1S/C13H20N2O3S/c1-8(2)15(6-7-18-3)13-14-11-9(12(16)17)4-5-10(11)19-13/h8-9H,4-7H2,1-3H3,(H,16,17). The first-order valence-corrected chi connectivity index (χ1v) is 7.34. The van der Waals surface area contributed by atoms with E-state index in [1.165, 1.54) is 0 Å². The molecule has 0 saturated heterocycles. The molecule has 0 aliphatic heterocycles. The van der Waals surface area contributed by atoms with Gasteiger partial charge in [0.05, 0.1) is 12.3 Å². The van der Waals surface area contributed by atoms with Gasteiger partial charge in [-0.15, -0.1) is 11.3 Å². The average molecular weight is 284 g/mol. The number of anilines is 1. The summed E-state index contributed by atoms with van der Waals surface area (Å²) in [5.41, 5.74) is 0.774. The van der Waals surface area contributed by atoms with Crippen LogP contribution >= 0.6 is 11.3 Å². The third-order valence-electron chi connectivity index (χ3n) is 3.41. The van der Waals surface area contributed by atoms with Crippen molar-refractivity contribution < 1.29 is 14.6 Å². The summed E-state index contributed by atoms with van der Waals surface area (Å²) in [5.74, 6) is -1.18. The van der Waals surface area contributed by atoms with Gasteiger partial charge in [0.2, 0.25) is 0 Å². The Hall–Kier alpha value is -1.14. The summed E-state index contributed by atoms with van der Waals surface area (Å²) >= 11 is 1.63. The molecule has 1 aliphatic rings. The lowest BCUT2D eigenvalue weighted by atomic mass is 10.1. The Balaban J connectivity index is 2.21. The highest BCUT2D eigenvalue weighted by atomic mass is 32.1. The highest BCUT2D eigenvalue weighted by Gasteiger charge is 2.33. The van der Waals surface area contributed by atoms with Gasteiger partial charge >= 0.3 is 5.97 Å². The fraction of sp³-hybridized carbons (Fsp3) is 0.692. The van der Waals surface area contributed by atoms with Crippen molar-refractivity contribution in [3.63, 3.8) is 0 Å². The Morgan fingerprint density at radius 3 is 2.95 bits per heavy atom. The summed E-state index contributed by atoms with van der Waals surface area (Å²) in [7, 11) is 1.68. The van der Waals surface area contributed by atoms with Gasteiger partial charge in [-0.3, -0.25) is 4.79 Å². The Morgan fingerprint density at radius 1 is 1.63 bits per heavy atom. The van der Waals surface area contributed by atoms with Gasteiger partial charge in [0.15, 0.2) is 5.13 Å². The van der Waals surface area contributed by atoms with Crippen LogP contribution in [-0.4, -0.2) is 42.4 Å². The number of carboxylic acid groups (broad SMARTS) is 1. The molecule has 0 spiro atoms. The van der Waals surface area contributed by atoms with Crippen LogP contribution in [-0.2, 0) is 16.0 Å². The van der Waals surface area contributed by atoms with Crippen molar-refractivity contribution in [1.29, 1.82) is 0 Å². The molecule has 1 aromatic heterocycles. The van der Waals surface area contributed by atoms with E-state index in [0.29, 0.717) is 19.1 Å². The first-order chi connectivity index (χ1) is 9.04. The van der Waals surface area contributed by atoms with Gasteiger partial charge in [-0.25, -0.2) is 4.98 Å². The van der Waals surface area contributed by atoms with Crippen LogP contribution in [0, 0.1) is 0 Å². The molecule has 0 aromatic carbocycles. The van der Waals surface area contributed by atoms with Crippen LogP contribution in [0.1, 0.15) is 36.8 Å². The van der Waals surface area contributed by atoms with E-state index >= 15 is 0 Å². The highest BCUT2D eigenvalue weighted by Crippen LogP contribution is 2.39. The fourth-order valence-electron chi connectivity index (χ4n) is 2.34. The first kappa shape index (κ1) is 14.3. The Morgan fingerprint density at radius 2 is 2.37 bits per heavy atom. The van der Waals surface area contributed by atoms with E-state index in [2.05, 4.69) is 23.7 Å². The van der Waals surface area contributed by atoms with Crippen molar-refractivity contribution in [2.45, 2.75) is 38.6 Å². The van der Waals surface area contributed by atoms with Gasteiger partial charge in [0, 0.05) is 24.6 Å². The molecule has 1 aromatic rings. The summed E-state index contributed by atoms with van der Waals surface area (Å²) in [6.45, 7) is 5.64. The molecule has 0 saturated carbocycles. The van der Waals surface area contributed by atoms with Gasteiger partial charge in [-0.05, 0) is 26.7 Å². The van der Waals surface area contributed by atoms with Gasteiger partial charge in [-0.1, -0.05) is 0 Å². The van der Waals surface area contributed by atoms with Crippen molar-refractivity contribution in [3.8, 4) is 0 Å². The summed E-state index contributed by atoms with van der Waals surface area (Å²) in [5, 5.41) is 10.1. The number of hydrogen-bond acceptors (Lipinski definition) is 5. The number of aryl methyl sites for hydroxylation is 1. The molecule has 0 amide bonds. The van der Waals surface area contributed by atoms with E-state index in [4.69, 9.17) is 4.74 Å². The number of aliphatic carboxylic acids is 1. The lowest BCUT2D eigenvalue weighted by molar-refractivity contribution is -0.138. The number of nitrogens with zero attached hydrogens (tertiary/aromatic N) is 2. The van der Waals surface area contributed by atoms with E-state index < -0.39 is 11.9 Å².